The summed E-state index contributed by atoms with van der Waals surface area (Å²) in [6.07, 6.45) is -3.83. The SMILES string of the molecule is CCN(c1ccc(I)cc1)c1ncc(C(F)(F)F)c(OCc2ccccc2)n1. The minimum atomic E-state index is -4.61. The molecular weight excluding hydrogens is 482 g/mol. The molecule has 0 aliphatic heterocycles. The van der Waals surface area contributed by atoms with Crippen molar-refractivity contribution in [2.45, 2.75) is 19.7 Å². The van der Waals surface area contributed by atoms with Crippen LogP contribution in [0.2, 0.25) is 0 Å². The fourth-order valence-corrected chi connectivity index (χ4v) is 2.94. The van der Waals surface area contributed by atoms with Crippen LogP contribution in [0.15, 0.2) is 60.8 Å². The molecule has 0 aliphatic rings. The second kappa shape index (κ2) is 8.76. The van der Waals surface area contributed by atoms with Gasteiger partial charge in [-0.3, -0.25) is 0 Å². The average molecular weight is 499 g/mol. The summed E-state index contributed by atoms with van der Waals surface area (Å²) in [5.41, 5.74) is 0.545. The van der Waals surface area contributed by atoms with Crippen molar-refractivity contribution in [3.8, 4) is 5.88 Å². The summed E-state index contributed by atoms with van der Waals surface area (Å²) in [5.74, 6) is -0.329. The summed E-state index contributed by atoms with van der Waals surface area (Å²) in [6, 6.07) is 16.5. The molecule has 0 saturated carbocycles. The highest BCUT2D eigenvalue weighted by Gasteiger charge is 2.36. The van der Waals surface area contributed by atoms with Crippen molar-refractivity contribution >= 4 is 34.2 Å². The lowest BCUT2D eigenvalue weighted by Gasteiger charge is -2.22. The third-order valence-corrected chi connectivity index (χ3v) is 4.68. The molecular formula is C20H17F3IN3O. The molecule has 3 aromatic rings. The molecule has 0 bridgehead atoms. The Kier molecular flexibility index (Phi) is 6.38. The van der Waals surface area contributed by atoms with Crippen molar-refractivity contribution in [3.05, 3.63) is 75.5 Å². The van der Waals surface area contributed by atoms with E-state index in [1.54, 1.807) is 29.2 Å². The minimum Gasteiger partial charge on any atom is -0.472 e. The van der Waals surface area contributed by atoms with Gasteiger partial charge in [0.05, 0.1) is 0 Å². The Labute approximate surface area is 174 Å². The van der Waals surface area contributed by atoms with Gasteiger partial charge >= 0.3 is 6.18 Å². The number of hydrogen-bond donors (Lipinski definition) is 0. The molecule has 0 spiro atoms. The van der Waals surface area contributed by atoms with Crippen molar-refractivity contribution in [3.63, 3.8) is 0 Å². The van der Waals surface area contributed by atoms with Gasteiger partial charge in [0.25, 0.3) is 0 Å². The number of alkyl halides is 3. The number of anilines is 2. The van der Waals surface area contributed by atoms with E-state index in [-0.39, 0.29) is 12.6 Å². The summed E-state index contributed by atoms with van der Waals surface area (Å²) < 4.78 is 46.6. The minimum absolute atomic E-state index is 0.0178. The van der Waals surface area contributed by atoms with Crippen LogP contribution in [0.4, 0.5) is 24.8 Å². The lowest BCUT2D eigenvalue weighted by Crippen LogP contribution is -2.20. The number of hydrogen-bond acceptors (Lipinski definition) is 4. The van der Waals surface area contributed by atoms with Crippen LogP contribution in [0.3, 0.4) is 0 Å². The highest BCUT2D eigenvalue weighted by molar-refractivity contribution is 14.1. The lowest BCUT2D eigenvalue weighted by atomic mass is 10.2. The van der Waals surface area contributed by atoms with Gasteiger partial charge in [-0.25, -0.2) is 4.98 Å². The molecule has 0 saturated heterocycles. The van der Waals surface area contributed by atoms with E-state index in [2.05, 4.69) is 32.6 Å². The van der Waals surface area contributed by atoms with Crippen LogP contribution in [0, 0.1) is 3.57 Å². The molecule has 0 amide bonds. The van der Waals surface area contributed by atoms with Crippen molar-refractivity contribution in [2.24, 2.45) is 0 Å². The number of aromatic nitrogens is 2. The molecule has 0 radical (unpaired) electrons. The Morgan fingerprint density at radius 3 is 2.32 bits per heavy atom. The van der Waals surface area contributed by atoms with E-state index in [0.29, 0.717) is 6.54 Å². The summed E-state index contributed by atoms with van der Waals surface area (Å²) >= 11 is 2.19. The second-order valence-electron chi connectivity index (χ2n) is 5.88. The molecule has 0 fully saturated rings. The molecule has 0 unspecified atom stereocenters. The van der Waals surface area contributed by atoms with Gasteiger partial charge in [-0.1, -0.05) is 30.3 Å². The lowest BCUT2D eigenvalue weighted by molar-refractivity contribution is -0.139. The quantitative estimate of drug-likeness (QED) is 0.400. The molecule has 0 atom stereocenters. The Bertz CT molecular complexity index is 918. The number of benzene rings is 2. The molecule has 2 aromatic carbocycles. The zero-order valence-electron chi connectivity index (χ0n) is 14.9. The third-order valence-electron chi connectivity index (χ3n) is 3.96. The third kappa shape index (κ3) is 4.92. The Balaban J connectivity index is 1.95. The first-order valence-corrected chi connectivity index (χ1v) is 9.60. The predicted octanol–water partition coefficient (Wildman–Crippen LogP) is 5.84. The van der Waals surface area contributed by atoms with E-state index in [1.807, 2.05) is 37.3 Å². The van der Waals surface area contributed by atoms with Gasteiger partial charge in [0.2, 0.25) is 11.8 Å². The van der Waals surface area contributed by atoms with E-state index in [9.17, 15) is 13.2 Å². The molecule has 8 heteroatoms. The number of nitrogens with zero attached hydrogens (tertiary/aromatic N) is 3. The molecule has 1 aromatic heterocycles. The number of halogens is 4. The van der Waals surface area contributed by atoms with Gasteiger partial charge in [0, 0.05) is 22.0 Å². The van der Waals surface area contributed by atoms with Crippen LogP contribution in [-0.4, -0.2) is 16.5 Å². The zero-order valence-corrected chi connectivity index (χ0v) is 17.1. The second-order valence-corrected chi connectivity index (χ2v) is 7.13. The average Bonchev–Trinajstić information content (AvgIpc) is 2.68. The molecule has 3 rings (SSSR count). The van der Waals surface area contributed by atoms with Crippen LogP contribution in [0.5, 0.6) is 5.88 Å². The van der Waals surface area contributed by atoms with Crippen molar-refractivity contribution < 1.29 is 17.9 Å². The maximum absolute atomic E-state index is 13.4. The van der Waals surface area contributed by atoms with Crippen molar-refractivity contribution in [1.29, 1.82) is 0 Å². The Hall–Kier alpha value is -2.36. The van der Waals surface area contributed by atoms with E-state index in [0.717, 1.165) is 21.0 Å². The maximum atomic E-state index is 13.4. The van der Waals surface area contributed by atoms with Gasteiger partial charge in [-0.05, 0) is 59.3 Å². The van der Waals surface area contributed by atoms with Crippen LogP contribution >= 0.6 is 22.6 Å². The van der Waals surface area contributed by atoms with Crippen LogP contribution < -0.4 is 9.64 Å². The molecule has 0 aliphatic carbocycles. The smallest absolute Gasteiger partial charge is 0.423 e. The first kappa shape index (κ1) is 20.4. The first-order valence-electron chi connectivity index (χ1n) is 8.52. The van der Waals surface area contributed by atoms with Gasteiger partial charge in [-0.15, -0.1) is 0 Å². The first-order chi connectivity index (χ1) is 13.4. The maximum Gasteiger partial charge on any atom is 0.423 e. The van der Waals surface area contributed by atoms with E-state index >= 15 is 0 Å². The van der Waals surface area contributed by atoms with Gasteiger partial charge in [-0.2, -0.15) is 18.2 Å². The van der Waals surface area contributed by atoms with Gasteiger partial charge < -0.3 is 9.64 Å². The van der Waals surface area contributed by atoms with Crippen LogP contribution in [-0.2, 0) is 12.8 Å². The molecule has 146 valence electrons. The fourth-order valence-electron chi connectivity index (χ4n) is 2.58. The van der Waals surface area contributed by atoms with E-state index in [1.165, 1.54) is 0 Å². The monoisotopic (exact) mass is 499 g/mol. The molecule has 1 heterocycles. The standard InChI is InChI=1S/C20H17F3IN3O/c1-2-27(16-10-8-15(24)9-11-16)19-25-12-17(20(21,22)23)18(26-19)28-13-14-6-4-3-5-7-14/h3-12H,2,13H2,1H3. The highest BCUT2D eigenvalue weighted by Crippen LogP contribution is 2.36. The normalized spacial score (nSPS) is 11.3. The zero-order chi connectivity index (χ0) is 20.1. The Morgan fingerprint density at radius 1 is 1.04 bits per heavy atom. The van der Waals surface area contributed by atoms with E-state index < -0.39 is 17.6 Å². The number of rotatable bonds is 6. The van der Waals surface area contributed by atoms with Crippen molar-refractivity contribution in [1.82, 2.24) is 9.97 Å². The summed E-state index contributed by atoms with van der Waals surface area (Å²) in [5, 5.41) is 0. The molecule has 0 N–H and O–H groups in total. The van der Waals surface area contributed by atoms with Gasteiger partial charge in [0.15, 0.2) is 0 Å². The van der Waals surface area contributed by atoms with E-state index in [4.69, 9.17) is 4.74 Å². The Morgan fingerprint density at radius 2 is 1.71 bits per heavy atom. The highest BCUT2D eigenvalue weighted by atomic mass is 127. The summed E-state index contributed by atoms with van der Waals surface area (Å²) in [6.45, 7) is 2.35. The topological polar surface area (TPSA) is 38.2 Å². The van der Waals surface area contributed by atoms with Gasteiger partial charge in [0.1, 0.15) is 12.2 Å². The predicted molar refractivity (Wildman–Crippen MR) is 110 cm³/mol. The fraction of sp³-hybridized carbons (Fsp3) is 0.200. The van der Waals surface area contributed by atoms with Crippen LogP contribution in [0.1, 0.15) is 18.1 Å². The van der Waals surface area contributed by atoms with Crippen molar-refractivity contribution in [2.75, 3.05) is 11.4 Å². The van der Waals surface area contributed by atoms with Crippen LogP contribution in [0.25, 0.3) is 0 Å². The summed E-state index contributed by atoms with van der Waals surface area (Å²) in [7, 11) is 0. The number of ether oxygens (including phenoxy) is 1. The molecule has 4 nitrogen and oxygen atoms in total. The summed E-state index contributed by atoms with van der Waals surface area (Å²) in [4.78, 5) is 9.77. The largest absolute Gasteiger partial charge is 0.472 e. The molecule has 28 heavy (non-hydrogen) atoms.